The fourth-order valence-electron chi connectivity index (χ4n) is 9.63. The molecule has 0 unspecified atom stereocenters. The van der Waals surface area contributed by atoms with E-state index in [4.69, 9.17) is 9.47 Å². The normalized spacial score (nSPS) is 20.5. The summed E-state index contributed by atoms with van der Waals surface area (Å²) in [6.45, 7) is 13.8. The maximum atomic E-state index is 12.6. The van der Waals surface area contributed by atoms with Gasteiger partial charge >= 0.3 is 11.9 Å². The zero-order valence-corrected chi connectivity index (χ0v) is 39.3. The molecule has 4 aromatic heterocycles. The zero-order valence-electron chi connectivity index (χ0n) is 39.3. The molecular formula is C48H54N14O8. The van der Waals surface area contributed by atoms with Crippen LogP contribution < -0.4 is 10.6 Å². The van der Waals surface area contributed by atoms with E-state index in [-0.39, 0.29) is 47.8 Å². The van der Waals surface area contributed by atoms with E-state index in [1.165, 1.54) is 22.0 Å². The number of esters is 2. The molecule has 4 aliphatic rings. The van der Waals surface area contributed by atoms with Crippen molar-refractivity contribution in [2.24, 2.45) is 10.8 Å². The molecule has 6 aromatic rings. The Balaban J connectivity index is 0.000000174. The van der Waals surface area contributed by atoms with Crippen molar-refractivity contribution < 1.29 is 38.9 Å². The lowest BCUT2D eigenvalue weighted by molar-refractivity contribution is 0.0525. The molecule has 22 heteroatoms. The maximum Gasteiger partial charge on any atom is 0.338 e. The van der Waals surface area contributed by atoms with E-state index in [1.54, 1.807) is 48.8 Å². The SMILES string of the molecule is Cc1c([C@@H](O)CN2CC[C@@](C)(CNC(=O)c3ccc(-n4cnnn4)cn3)C2)ccc2c1COC2=O.Cc1c([C@@H](O)CN2CC[C@](C)(CNC(=O)c3ccc(-n4cnnn4)cn3)C2)ccc2c1COC2=O. The summed E-state index contributed by atoms with van der Waals surface area (Å²) in [6.07, 6.45) is 6.48. The molecule has 364 valence electrons. The van der Waals surface area contributed by atoms with E-state index in [1.807, 2.05) is 26.0 Å². The lowest BCUT2D eigenvalue weighted by atomic mass is 9.89. The molecule has 4 aliphatic heterocycles. The number of ether oxygens (including phenoxy) is 2. The minimum Gasteiger partial charge on any atom is -0.457 e. The van der Waals surface area contributed by atoms with Crippen molar-refractivity contribution in [3.63, 3.8) is 0 Å². The summed E-state index contributed by atoms with van der Waals surface area (Å²) in [7, 11) is 0. The van der Waals surface area contributed by atoms with Gasteiger partial charge in [0.15, 0.2) is 0 Å². The summed E-state index contributed by atoms with van der Waals surface area (Å²) in [5, 5.41) is 49.8. The number of tetrazole rings is 2. The second-order valence-electron chi connectivity index (χ2n) is 19.1. The Morgan fingerprint density at radius 3 is 1.46 bits per heavy atom. The Kier molecular flexibility index (Phi) is 13.6. The highest BCUT2D eigenvalue weighted by Crippen LogP contribution is 2.35. The minimum absolute atomic E-state index is 0.116. The van der Waals surface area contributed by atoms with Gasteiger partial charge in [0.1, 0.15) is 37.3 Å². The molecule has 0 saturated carbocycles. The number of likely N-dealkylation sites (tertiary alicyclic amines) is 2. The summed E-state index contributed by atoms with van der Waals surface area (Å²) in [5.41, 5.74) is 8.11. The number of β-amino-alcohol motifs (C(OH)–C–C–N with tert-alkyl or cyclic N) is 2. The number of nitrogens with one attached hydrogen (secondary N) is 2. The molecule has 22 nitrogen and oxygen atoms in total. The van der Waals surface area contributed by atoms with Crippen LogP contribution in [0.3, 0.4) is 0 Å². The summed E-state index contributed by atoms with van der Waals surface area (Å²) >= 11 is 0. The monoisotopic (exact) mass is 954 g/mol. The number of nitrogens with zero attached hydrogens (tertiary/aromatic N) is 12. The Morgan fingerprint density at radius 1 is 0.657 bits per heavy atom. The van der Waals surface area contributed by atoms with E-state index >= 15 is 0 Å². The molecule has 2 aromatic carbocycles. The molecule has 70 heavy (non-hydrogen) atoms. The first-order valence-corrected chi connectivity index (χ1v) is 23.0. The quantitative estimate of drug-likeness (QED) is 0.114. The number of hydrogen-bond donors (Lipinski definition) is 4. The van der Waals surface area contributed by atoms with Gasteiger partial charge in [-0.15, -0.1) is 10.2 Å². The van der Waals surface area contributed by atoms with Crippen LogP contribution in [0.15, 0.2) is 73.6 Å². The number of pyridine rings is 2. The number of hydrogen-bond acceptors (Lipinski definition) is 18. The van der Waals surface area contributed by atoms with Gasteiger partial charge in [0.2, 0.25) is 0 Å². The standard InChI is InChI=1S/2C24H27N7O4/c2*1-15-17(4-5-18-19(15)11-35-23(18)34)21(32)10-30-8-7-24(2,13-30)12-26-22(33)20-6-3-16(9-25-20)31-14-27-28-29-31/h2*3-6,9,14,21,32H,7-8,10-13H2,1-2H3,(H,26,33)/t21-,24+;21-,24-/m00/s1. The van der Waals surface area contributed by atoms with Gasteiger partial charge in [-0.25, -0.2) is 19.6 Å². The van der Waals surface area contributed by atoms with Gasteiger partial charge in [-0.3, -0.25) is 19.4 Å². The van der Waals surface area contributed by atoms with Crippen molar-refractivity contribution in [3.05, 3.63) is 129 Å². The summed E-state index contributed by atoms with van der Waals surface area (Å²) in [4.78, 5) is 61.7. The molecular weight excluding hydrogens is 901 g/mol. The summed E-state index contributed by atoms with van der Waals surface area (Å²) in [5.74, 6) is -1.09. The molecule has 2 saturated heterocycles. The first-order chi connectivity index (χ1) is 33.7. The van der Waals surface area contributed by atoms with Gasteiger partial charge in [0, 0.05) is 50.4 Å². The number of carbonyl (C=O) groups excluding carboxylic acids is 4. The van der Waals surface area contributed by atoms with Gasteiger partial charge in [-0.1, -0.05) is 26.0 Å². The summed E-state index contributed by atoms with van der Waals surface area (Å²) < 4.78 is 13.2. The van der Waals surface area contributed by atoms with E-state index in [0.29, 0.717) is 60.1 Å². The number of aromatic nitrogens is 10. The smallest absolute Gasteiger partial charge is 0.338 e. The number of aliphatic hydroxyl groups is 2. The van der Waals surface area contributed by atoms with Crippen molar-refractivity contribution in [2.75, 3.05) is 52.4 Å². The number of amides is 2. The first kappa shape index (κ1) is 47.7. The molecule has 0 spiro atoms. The van der Waals surface area contributed by atoms with E-state index in [0.717, 1.165) is 72.4 Å². The van der Waals surface area contributed by atoms with Crippen LogP contribution in [0.5, 0.6) is 0 Å². The number of rotatable bonds is 14. The van der Waals surface area contributed by atoms with Crippen molar-refractivity contribution in [2.45, 2.75) is 66.0 Å². The second kappa shape index (κ2) is 19.9. The van der Waals surface area contributed by atoms with Crippen LogP contribution in [-0.2, 0) is 22.7 Å². The molecule has 2 amide bonds. The van der Waals surface area contributed by atoms with Crippen LogP contribution in [-0.4, -0.2) is 147 Å². The number of carbonyl (C=O) groups is 4. The third-order valence-corrected chi connectivity index (χ3v) is 13.8. The molecule has 0 bridgehead atoms. The minimum atomic E-state index is -0.671. The van der Waals surface area contributed by atoms with Crippen LogP contribution >= 0.6 is 0 Å². The number of cyclic esters (lactones) is 2. The van der Waals surface area contributed by atoms with Crippen molar-refractivity contribution in [3.8, 4) is 11.4 Å². The third kappa shape index (κ3) is 10.3. The van der Waals surface area contributed by atoms with Crippen LogP contribution in [0.25, 0.3) is 11.4 Å². The average Bonchev–Trinajstić information content (AvgIpc) is 4.24. The zero-order chi connectivity index (χ0) is 49.2. The third-order valence-electron chi connectivity index (χ3n) is 13.8. The number of fused-ring (bicyclic) bond motifs is 2. The maximum absolute atomic E-state index is 12.6. The van der Waals surface area contributed by atoms with Crippen LogP contribution in [0.1, 0.15) is 114 Å². The highest BCUT2D eigenvalue weighted by Gasteiger charge is 2.37. The molecule has 10 rings (SSSR count). The van der Waals surface area contributed by atoms with Gasteiger partial charge in [-0.2, -0.15) is 9.36 Å². The van der Waals surface area contributed by atoms with Crippen LogP contribution in [0.4, 0.5) is 0 Å². The summed E-state index contributed by atoms with van der Waals surface area (Å²) in [6, 6.07) is 13.9. The molecule has 8 heterocycles. The second-order valence-corrected chi connectivity index (χ2v) is 19.1. The van der Waals surface area contributed by atoms with Crippen LogP contribution in [0.2, 0.25) is 0 Å². The van der Waals surface area contributed by atoms with Gasteiger partial charge in [-0.05, 0) is 130 Å². The molecule has 0 radical (unpaired) electrons. The Labute approximate surface area is 402 Å². The Hall–Kier alpha value is -7.40. The lowest BCUT2D eigenvalue weighted by Gasteiger charge is -2.26. The van der Waals surface area contributed by atoms with Crippen molar-refractivity contribution in [1.29, 1.82) is 0 Å². The fourth-order valence-corrected chi connectivity index (χ4v) is 9.63. The molecule has 4 atom stereocenters. The predicted octanol–water partition coefficient (Wildman–Crippen LogP) is 2.42. The molecule has 2 fully saturated rings. The molecule has 0 aliphatic carbocycles. The van der Waals surface area contributed by atoms with Crippen molar-refractivity contribution in [1.82, 2.24) is 70.8 Å². The largest absolute Gasteiger partial charge is 0.457 e. The Morgan fingerprint density at radius 2 is 1.09 bits per heavy atom. The average molecular weight is 955 g/mol. The van der Waals surface area contributed by atoms with Crippen molar-refractivity contribution >= 4 is 23.8 Å². The highest BCUT2D eigenvalue weighted by atomic mass is 16.5. The van der Waals surface area contributed by atoms with Crippen LogP contribution in [0, 0.1) is 24.7 Å². The topological polar surface area (TPSA) is 271 Å². The lowest BCUT2D eigenvalue weighted by Crippen LogP contribution is -2.38. The van der Waals surface area contributed by atoms with Gasteiger partial charge in [0.05, 0.1) is 47.1 Å². The predicted molar refractivity (Wildman–Crippen MR) is 247 cm³/mol. The van der Waals surface area contributed by atoms with E-state index in [9.17, 15) is 29.4 Å². The van der Waals surface area contributed by atoms with E-state index in [2.05, 4.69) is 75.3 Å². The fraction of sp³-hybridized carbons (Fsp3) is 0.417. The van der Waals surface area contributed by atoms with Gasteiger partial charge in [0.25, 0.3) is 11.8 Å². The van der Waals surface area contributed by atoms with Gasteiger partial charge < -0.3 is 30.3 Å². The number of benzene rings is 2. The molecule has 4 N–H and O–H groups in total. The highest BCUT2D eigenvalue weighted by molar-refractivity contribution is 5.95. The first-order valence-electron chi connectivity index (χ1n) is 23.0. The Bertz CT molecular complexity index is 2690. The van der Waals surface area contributed by atoms with E-state index < -0.39 is 12.2 Å². The number of aliphatic hydroxyl groups excluding tert-OH is 2.